The van der Waals surface area contributed by atoms with Crippen molar-refractivity contribution in [1.82, 2.24) is 9.78 Å². The van der Waals surface area contributed by atoms with Crippen molar-refractivity contribution in [2.45, 2.75) is 30.9 Å². The number of nitrogens with zero attached hydrogens (tertiary/aromatic N) is 3. The normalized spacial score (nSPS) is 28.9. The molecule has 2 atom stereocenters. The molecule has 1 aromatic rings. The van der Waals surface area contributed by atoms with Crippen LogP contribution in [0.1, 0.15) is 35.8 Å². The molecule has 2 aliphatic heterocycles. The molecule has 0 radical (unpaired) electrons. The first-order valence-electron chi connectivity index (χ1n) is 6.69. The van der Waals surface area contributed by atoms with Crippen LogP contribution in [0, 0.1) is 10.1 Å². The van der Waals surface area contributed by atoms with Crippen molar-refractivity contribution in [3.63, 3.8) is 0 Å². The first-order chi connectivity index (χ1) is 10.0. The predicted octanol–water partition coefficient (Wildman–Crippen LogP) is 1.72. The van der Waals surface area contributed by atoms with Gasteiger partial charge in [0.2, 0.25) is 5.69 Å². The zero-order valence-corrected chi connectivity index (χ0v) is 12.0. The van der Waals surface area contributed by atoms with E-state index in [2.05, 4.69) is 5.10 Å². The first kappa shape index (κ1) is 14.3. The highest BCUT2D eigenvalue weighted by Crippen LogP contribution is 2.42. The number of aromatic nitrogens is 2. The van der Waals surface area contributed by atoms with E-state index in [4.69, 9.17) is 9.84 Å². The van der Waals surface area contributed by atoms with Crippen LogP contribution >= 0.6 is 11.8 Å². The largest absolute Gasteiger partial charge is 0.476 e. The average Bonchev–Trinajstić information content (AvgIpc) is 3.06. The minimum Gasteiger partial charge on any atom is -0.476 e. The summed E-state index contributed by atoms with van der Waals surface area (Å²) in [7, 11) is 0. The molecule has 0 saturated carbocycles. The second-order valence-corrected chi connectivity index (χ2v) is 6.49. The summed E-state index contributed by atoms with van der Waals surface area (Å²) in [6.45, 7) is 0.571. The topological polar surface area (TPSA) is 107 Å². The van der Waals surface area contributed by atoms with Crippen LogP contribution in [0.3, 0.4) is 0 Å². The smallest absolute Gasteiger partial charge is 0.363 e. The summed E-state index contributed by atoms with van der Waals surface area (Å²) in [6.07, 6.45) is 3.60. The van der Waals surface area contributed by atoms with E-state index in [0.29, 0.717) is 13.0 Å². The Balaban J connectivity index is 1.88. The van der Waals surface area contributed by atoms with Gasteiger partial charge in [-0.1, -0.05) is 0 Å². The summed E-state index contributed by atoms with van der Waals surface area (Å²) in [5.41, 5.74) is -1.14. The highest BCUT2D eigenvalue weighted by molar-refractivity contribution is 7.99. The van der Waals surface area contributed by atoms with E-state index in [9.17, 15) is 14.9 Å². The molecule has 3 heterocycles. The van der Waals surface area contributed by atoms with Crippen LogP contribution in [-0.4, -0.2) is 49.5 Å². The van der Waals surface area contributed by atoms with Crippen molar-refractivity contribution in [1.29, 1.82) is 0 Å². The van der Waals surface area contributed by atoms with Gasteiger partial charge in [-0.05, 0) is 25.0 Å². The molecule has 0 bridgehead atoms. The molecule has 2 saturated heterocycles. The van der Waals surface area contributed by atoms with Crippen LogP contribution in [0.4, 0.5) is 5.69 Å². The summed E-state index contributed by atoms with van der Waals surface area (Å²) < 4.78 is 7.34. The second kappa shape index (κ2) is 5.30. The molecule has 0 aliphatic carbocycles. The number of rotatable bonds is 3. The lowest BCUT2D eigenvalue weighted by atomic mass is 9.90. The second-order valence-electron chi connectivity index (χ2n) is 5.39. The van der Waals surface area contributed by atoms with Gasteiger partial charge in [-0.2, -0.15) is 16.9 Å². The maximum Gasteiger partial charge on any atom is 0.363 e. The van der Waals surface area contributed by atoms with Gasteiger partial charge in [-0.15, -0.1) is 0 Å². The zero-order chi connectivity index (χ0) is 15.0. The Morgan fingerprint density at radius 3 is 3.05 bits per heavy atom. The van der Waals surface area contributed by atoms with Crippen molar-refractivity contribution in [3.05, 3.63) is 22.0 Å². The molecule has 2 aliphatic rings. The van der Waals surface area contributed by atoms with Crippen molar-refractivity contribution < 1.29 is 19.6 Å². The summed E-state index contributed by atoms with van der Waals surface area (Å²) >= 11 is 1.84. The Bertz CT molecular complexity index is 550. The van der Waals surface area contributed by atoms with Crippen molar-refractivity contribution in [3.8, 4) is 0 Å². The average molecular weight is 313 g/mol. The summed E-state index contributed by atoms with van der Waals surface area (Å²) in [5, 5.41) is 23.9. The Labute approximate surface area is 124 Å². The van der Waals surface area contributed by atoms with E-state index < -0.39 is 22.3 Å². The zero-order valence-electron chi connectivity index (χ0n) is 11.2. The molecule has 3 rings (SSSR count). The number of carboxylic acids is 1. The Morgan fingerprint density at radius 1 is 1.67 bits per heavy atom. The van der Waals surface area contributed by atoms with Gasteiger partial charge in [0.15, 0.2) is 0 Å². The monoisotopic (exact) mass is 313 g/mol. The standard InChI is InChI=1S/C12H15N3O5S/c16-11(17)10-9(15(18)19)6-14(13-10)8-1-3-20-12(5-8)2-4-21-7-12/h6,8H,1-5,7H2,(H,16,17). The Hall–Kier alpha value is -1.61. The third-order valence-electron chi connectivity index (χ3n) is 4.02. The van der Waals surface area contributed by atoms with E-state index in [1.165, 1.54) is 10.9 Å². The molecule has 1 aromatic heterocycles. The number of carbonyl (C=O) groups is 1. The van der Waals surface area contributed by atoms with E-state index in [1.807, 2.05) is 11.8 Å². The van der Waals surface area contributed by atoms with Gasteiger partial charge in [-0.3, -0.25) is 14.8 Å². The van der Waals surface area contributed by atoms with E-state index in [0.717, 1.165) is 24.3 Å². The van der Waals surface area contributed by atoms with Crippen LogP contribution < -0.4 is 0 Å². The van der Waals surface area contributed by atoms with Crippen LogP contribution in [0.2, 0.25) is 0 Å². The summed E-state index contributed by atoms with van der Waals surface area (Å²) in [4.78, 5) is 21.3. The van der Waals surface area contributed by atoms with E-state index >= 15 is 0 Å². The molecule has 114 valence electrons. The highest BCUT2D eigenvalue weighted by Gasteiger charge is 2.42. The predicted molar refractivity (Wildman–Crippen MR) is 74.7 cm³/mol. The third-order valence-corrected chi connectivity index (χ3v) is 5.24. The lowest BCUT2D eigenvalue weighted by molar-refractivity contribution is -0.385. The Morgan fingerprint density at radius 2 is 2.48 bits per heavy atom. The minimum atomic E-state index is -1.38. The molecule has 0 amide bonds. The molecule has 21 heavy (non-hydrogen) atoms. The van der Waals surface area contributed by atoms with Gasteiger partial charge in [0.05, 0.1) is 16.6 Å². The van der Waals surface area contributed by atoms with Crippen LogP contribution in [0.25, 0.3) is 0 Å². The molecule has 1 N–H and O–H groups in total. The molecule has 1 spiro atoms. The fourth-order valence-electron chi connectivity index (χ4n) is 2.95. The van der Waals surface area contributed by atoms with Gasteiger partial charge in [0, 0.05) is 12.4 Å². The fourth-order valence-corrected chi connectivity index (χ4v) is 4.32. The number of hydrogen-bond acceptors (Lipinski definition) is 6. The van der Waals surface area contributed by atoms with Gasteiger partial charge in [0.25, 0.3) is 0 Å². The molecular weight excluding hydrogens is 298 g/mol. The number of ether oxygens (including phenoxy) is 1. The van der Waals surface area contributed by atoms with E-state index in [1.54, 1.807) is 0 Å². The number of thioether (sulfide) groups is 1. The number of carboxylic acid groups (broad SMARTS) is 1. The number of hydrogen-bond donors (Lipinski definition) is 1. The molecule has 2 fully saturated rings. The molecule has 9 heteroatoms. The quantitative estimate of drug-likeness (QED) is 0.668. The molecule has 0 aromatic carbocycles. The van der Waals surface area contributed by atoms with Gasteiger partial charge >= 0.3 is 11.7 Å². The maximum absolute atomic E-state index is 11.1. The molecular formula is C12H15N3O5S. The first-order valence-corrected chi connectivity index (χ1v) is 7.85. The van der Waals surface area contributed by atoms with Crippen molar-refractivity contribution in [2.24, 2.45) is 0 Å². The fraction of sp³-hybridized carbons (Fsp3) is 0.667. The van der Waals surface area contributed by atoms with Gasteiger partial charge < -0.3 is 9.84 Å². The van der Waals surface area contributed by atoms with Crippen LogP contribution in [0.15, 0.2) is 6.20 Å². The number of aromatic carboxylic acids is 1. The van der Waals surface area contributed by atoms with E-state index in [-0.39, 0.29) is 11.6 Å². The molecule has 2 unspecified atom stereocenters. The van der Waals surface area contributed by atoms with Gasteiger partial charge in [-0.25, -0.2) is 4.79 Å². The van der Waals surface area contributed by atoms with Crippen LogP contribution in [-0.2, 0) is 4.74 Å². The Kier molecular flexibility index (Phi) is 3.62. The SMILES string of the molecule is O=C(O)c1nn(C2CCOC3(CCSC3)C2)cc1[N+](=O)[O-]. The van der Waals surface area contributed by atoms with Crippen molar-refractivity contribution in [2.75, 3.05) is 18.1 Å². The minimum absolute atomic E-state index is 0.0516. The number of nitro groups is 1. The lowest BCUT2D eigenvalue weighted by Crippen LogP contribution is -2.40. The summed E-state index contributed by atoms with van der Waals surface area (Å²) in [5.74, 6) is 0.587. The van der Waals surface area contributed by atoms with Gasteiger partial charge in [0.1, 0.15) is 6.20 Å². The third kappa shape index (κ3) is 2.62. The maximum atomic E-state index is 11.1. The molecule has 8 nitrogen and oxygen atoms in total. The van der Waals surface area contributed by atoms with Crippen molar-refractivity contribution >= 4 is 23.4 Å². The highest BCUT2D eigenvalue weighted by atomic mass is 32.2. The van der Waals surface area contributed by atoms with Crippen LogP contribution in [0.5, 0.6) is 0 Å². The summed E-state index contributed by atoms with van der Waals surface area (Å²) in [6, 6.07) is -0.0516. The lowest BCUT2D eigenvalue weighted by Gasteiger charge is -2.37.